The molecule has 0 saturated carbocycles. The van der Waals surface area contributed by atoms with Crippen LogP contribution in [0.5, 0.6) is 0 Å². The number of nitrogens with one attached hydrogen (secondary N) is 1. The lowest BCUT2D eigenvalue weighted by molar-refractivity contribution is 0.175. The molecule has 2 heterocycles. The van der Waals surface area contributed by atoms with Gasteiger partial charge >= 0.3 is 0 Å². The fourth-order valence-corrected chi connectivity index (χ4v) is 1.91. The Bertz CT molecular complexity index is 304. The van der Waals surface area contributed by atoms with E-state index < -0.39 is 0 Å². The highest BCUT2D eigenvalue weighted by atomic mass is 16.3. The summed E-state index contributed by atoms with van der Waals surface area (Å²) in [6, 6.07) is 0. The smallest absolute Gasteiger partial charge is 0.176 e. The van der Waals surface area contributed by atoms with Gasteiger partial charge in [-0.05, 0) is 24.6 Å². The van der Waals surface area contributed by atoms with Crippen LogP contribution in [0, 0.1) is 0 Å². The van der Waals surface area contributed by atoms with Crippen LogP contribution in [0.4, 0.5) is 0 Å². The average molecular weight is 197 g/mol. The molecular weight excluding hydrogens is 182 g/mol. The largest absolute Gasteiger partial charge is 0.394 e. The summed E-state index contributed by atoms with van der Waals surface area (Å²) in [7, 11) is 1.74. The maximum absolute atomic E-state index is 9.34. The van der Waals surface area contributed by atoms with Gasteiger partial charge in [0.05, 0.1) is 13.7 Å². The number of aliphatic hydroxyl groups is 1. The number of hydrogen-bond acceptors (Lipinski definition) is 5. The van der Waals surface area contributed by atoms with Gasteiger partial charge in [0, 0.05) is 12.0 Å². The van der Waals surface area contributed by atoms with Crippen molar-refractivity contribution in [2.24, 2.45) is 7.05 Å². The molecule has 0 aromatic carbocycles. The van der Waals surface area contributed by atoms with Gasteiger partial charge in [0.2, 0.25) is 0 Å². The Kier molecular flexibility index (Phi) is 2.47. The Morgan fingerprint density at radius 1 is 1.64 bits per heavy atom. The standard InChI is InChI=1S/C8H15N5O/c1-13-11-7(10-12-13)5-8(6-14)3-2-4-9-8/h9,14H,2-6H2,1H3. The van der Waals surface area contributed by atoms with E-state index in [1.807, 2.05) is 0 Å². The van der Waals surface area contributed by atoms with Crippen molar-refractivity contribution >= 4 is 0 Å². The van der Waals surface area contributed by atoms with Crippen LogP contribution in [-0.2, 0) is 13.5 Å². The lowest BCUT2D eigenvalue weighted by atomic mass is 9.94. The van der Waals surface area contributed by atoms with Crippen LogP contribution in [0.25, 0.3) is 0 Å². The SMILES string of the molecule is Cn1nnc(CC2(CO)CCCN2)n1. The van der Waals surface area contributed by atoms with E-state index in [0.717, 1.165) is 19.4 Å². The van der Waals surface area contributed by atoms with E-state index in [2.05, 4.69) is 20.7 Å². The van der Waals surface area contributed by atoms with Gasteiger partial charge in [-0.3, -0.25) is 0 Å². The molecule has 1 unspecified atom stereocenters. The molecule has 14 heavy (non-hydrogen) atoms. The molecule has 2 N–H and O–H groups in total. The van der Waals surface area contributed by atoms with Crippen LogP contribution >= 0.6 is 0 Å². The Morgan fingerprint density at radius 3 is 3.00 bits per heavy atom. The molecule has 1 aromatic heterocycles. The molecule has 0 spiro atoms. The Balaban J connectivity index is 2.08. The summed E-state index contributed by atoms with van der Waals surface area (Å²) in [6.45, 7) is 1.09. The summed E-state index contributed by atoms with van der Waals surface area (Å²) in [5.41, 5.74) is -0.219. The molecule has 1 aliphatic rings. The fourth-order valence-electron chi connectivity index (χ4n) is 1.91. The maximum Gasteiger partial charge on any atom is 0.176 e. The van der Waals surface area contributed by atoms with Gasteiger partial charge in [-0.25, -0.2) is 0 Å². The number of aromatic nitrogens is 4. The highest BCUT2D eigenvalue weighted by molar-refractivity contribution is 4.99. The van der Waals surface area contributed by atoms with Gasteiger partial charge in [-0.15, -0.1) is 10.2 Å². The lowest BCUT2D eigenvalue weighted by Crippen LogP contribution is -2.45. The number of aliphatic hydroxyl groups excluding tert-OH is 1. The number of rotatable bonds is 3. The Morgan fingerprint density at radius 2 is 2.50 bits per heavy atom. The average Bonchev–Trinajstić information content (AvgIpc) is 2.77. The van der Waals surface area contributed by atoms with Gasteiger partial charge in [-0.1, -0.05) is 0 Å². The van der Waals surface area contributed by atoms with Crippen LogP contribution in [0.2, 0.25) is 0 Å². The van der Waals surface area contributed by atoms with Crippen LogP contribution in [0.15, 0.2) is 0 Å². The number of nitrogens with zero attached hydrogens (tertiary/aromatic N) is 4. The summed E-state index contributed by atoms with van der Waals surface area (Å²) in [5.74, 6) is 0.691. The van der Waals surface area contributed by atoms with E-state index in [0.29, 0.717) is 12.2 Å². The third-order valence-electron chi connectivity index (χ3n) is 2.68. The molecule has 1 aliphatic heterocycles. The van der Waals surface area contributed by atoms with Gasteiger partial charge in [-0.2, -0.15) is 4.80 Å². The molecule has 0 aliphatic carbocycles. The number of aryl methyl sites for hydroxylation is 1. The molecule has 0 bridgehead atoms. The Labute approximate surface area is 82.3 Å². The van der Waals surface area contributed by atoms with Crippen molar-refractivity contribution in [1.29, 1.82) is 0 Å². The predicted molar refractivity (Wildman–Crippen MR) is 49.6 cm³/mol. The van der Waals surface area contributed by atoms with Crippen molar-refractivity contribution in [3.05, 3.63) is 5.82 Å². The van der Waals surface area contributed by atoms with Crippen molar-refractivity contribution in [3.63, 3.8) is 0 Å². The molecule has 78 valence electrons. The lowest BCUT2D eigenvalue weighted by Gasteiger charge is -2.25. The highest BCUT2D eigenvalue weighted by Gasteiger charge is 2.34. The number of tetrazole rings is 1. The van der Waals surface area contributed by atoms with E-state index in [9.17, 15) is 5.11 Å². The first-order valence-corrected chi connectivity index (χ1v) is 4.83. The zero-order valence-corrected chi connectivity index (χ0v) is 8.27. The minimum atomic E-state index is -0.219. The van der Waals surface area contributed by atoms with Crippen molar-refractivity contribution in [3.8, 4) is 0 Å². The van der Waals surface area contributed by atoms with Crippen molar-refractivity contribution in [1.82, 2.24) is 25.5 Å². The topological polar surface area (TPSA) is 75.9 Å². The molecule has 0 amide bonds. The zero-order valence-electron chi connectivity index (χ0n) is 8.27. The van der Waals surface area contributed by atoms with E-state index in [4.69, 9.17) is 0 Å². The van der Waals surface area contributed by atoms with E-state index in [-0.39, 0.29) is 12.1 Å². The zero-order chi connectivity index (χ0) is 10.0. The molecule has 1 fully saturated rings. The van der Waals surface area contributed by atoms with Crippen LogP contribution in [0.1, 0.15) is 18.7 Å². The molecule has 6 nitrogen and oxygen atoms in total. The van der Waals surface area contributed by atoms with Gasteiger partial charge < -0.3 is 10.4 Å². The molecule has 1 atom stereocenters. The first-order chi connectivity index (χ1) is 6.74. The van der Waals surface area contributed by atoms with Crippen LogP contribution in [0.3, 0.4) is 0 Å². The summed E-state index contributed by atoms with van der Waals surface area (Å²) >= 11 is 0. The van der Waals surface area contributed by atoms with Crippen molar-refractivity contribution in [2.75, 3.05) is 13.2 Å². The van der Waals surface area contributed by atoms with Crippen LogP contribution in [-0.4, -0.2) is 44.0 Å². The molecule has 1 aromatic rings. The molecular formula is C8H15N5O. The predicted octanol–water partition coefficient (Wildman–Crippen LogP) is -1.13. The Hall–Kier alpha value is -1.01. The molecule has 1 saturated heterocycles. The van der Waals surface area contributed by atoms with Gasteiger partial charge in [0.25, 0.3) is 0 Å². The third-order valence-corrected chi connectivity index (χ3v) is 2.68. The fraction of sp³-hybridized carbons (Fsp3) is 0.875. The molecule has 6 heteroatoms. The maximum atomic E-state index is 9.34. The van der Waals surface area contributed by atoms with E-state index >= 15 is 0 Å². The summed E-state index contributed by atoms with van der Waals surface area (Å²) in [5, 5.41) is 24.5. The highest BCUT2D eigenvalue weighted by Crippen LogP contribution is 2.21. The summed E-state index contributed by atoms with van der Waals surface area (Å²) in [4.78, 5) is 1.44. The second kappa shape index (κ2) is 3.62. The summed E-state index contributed by atoms with van der Waals surface area (Å²) in [6.07, 6.45) is 2.72. The summed E-state index contributed by atoms with van der Waals surface area (Å²) < 4.78 is 0. The monoisotopic (exact) mass is 197 g/mol. The second-order valence-electron chi connectivity index (χ2n) is 3.84. The first kappa shape index (κ1) is 9.54. The first-order valence-electron chi connectivity index (χ1n) is 4.83. The van der Waals surface area contributed by atoms with Crippen LogP contribution < -0.4 is 5.32 Å². The second-order valence-corrected chi connectivity index (χ2v) is 3.84. The molecule has 0 radical (unpaired) electrons. The van der Waals surface area contributed by atoms with Crippen molar-refractivity contribution < 1.29 is 5.11 Å². The minimum absolute atomic E-state index is 0.130. The normalized spacial score (nSPS) is 27.0. The third kappa shape index (κ3) is 1.76. The van der Waals surface area contributed by atoms with Gasteiger partial charge in [0.1, 0.15) is 0 Å². The minimum Gasteiger partial charge on any atom is -0.394 e. The van der Waals surface area contributed by atoms with E-state index in [1.165, 1.54) is 4.80 Å². The van der Waals surface area contributed by atoms with Gasteiger partial charge in [0.15, 0.2) is 5.82 Å². The quantitative estimate of drug-likeness (QED) is 0.641. The number of hydrogen-bond donors (Lipinski definition) is 2. The molecule has 2 rings (SSSR count). The van der Waals surface area contributed by atoms with E-state index in [1.54, 1.807) is 7.05 Å². The van der Waals surface area contributed by atoms with Crippen molar-refractivity contribution in [2.45, 2.75) is 24.8 Å².